The van der Waals surface area contributed by atoms with Crippen molar-refractivity contribution in [1.29, 1.82) is 0 Å². The molecule has 2 N–H and O–H groups in total. The molecule has 0 aromatic heterocycles. The summed E-state index contributed by atoms with van der Waals surface area (Å²) in [6.45, 7) is 0.547. The van der Waals surface area contributed by atoms with Crippen LogP contribution in [-0.4, -0.2) is 23.6 Å². The fourth-order valence-corrected chi connectivity index (χ4v) is 3.23. The maximum atomic E-state index is 13.1. The standard InChI is InChI=1S/C20H20FNO4/c21-15-7-5-13(6-8-15)17(12-20(24)25)22-19(23)11-14-9-10-26-18-4-2-1-3-16(14)18/h1-8,14,17H,9-12H2,(H,22,23)(H,24,25)/t14-,17+/m0/s1. The normalized spacial score (nSPS) is 16.9. The summed E-state index contributed by atoms with van der Waals surface area (Å²) >= 11 is 0. The Balaban J connectivity index is 1.70. The highest BCUT2D eigenvalue weighted by atomic mass is 19.1. The maximum absolute atomic E-state index is 13.1. The first-order chi connectivity index (χ1) is 12.5. The number of para-hydroxylation sites is 1. The van der Waals surface area contributed by atoms with Gasteiger partial charge in [-0.15, -0.1) is 0 Å². The first kappa shape index (κ1) is 17.9. The van der Waals surface area contributed by atoms with Crippen molar-refractivity contribution in [2.75, 3.05) is 6.61 Å². The number of carboxylic acid groups (broad SMARTS) is 1. The maximum Gasteiger partial charge on any atom is 0.305 e. The molecule has 0 radical (unpaired) electrons. The highest BCUT2D eigenvalue weighted by Crippen LogP contribution is 2.35. The van der Waals surface area contributed by atoms with E-state index < -0.39 is 17.8 Å². The third-order valence-electron chi connectivity index (χ3n) is 4.50. The number of rotatable bonds is 6. The first-order valence-corrected chi connectivity index (χ1v) is 8.51. The van der Waals surface area contributed by atoms with E-state index in [0.29, 0.717) is 12.2 Å². The number of carbonyl (C=O) groups excluding carboxylic acids is 1. The van der Waals surface area contributed by atoms with Gasteiger partial charge >= 0.3 is 5.97 Å². The number of carbonyl (C=O) groups is 2. The number of fused-ring (bicyclic) bond motifs is 1. The van der Waals surface area contributed by atoms with Crippen molar-refractivity contribution >= 4 is 11.9 Å². The second kappa shape index (κ2) is 7.99. The minimum Gasteiger partial charge on any atom is -0.493 e. The summed E-state index contributed by atoms with van der Waals surface area (Å²) in [5.41, 5.74) is 1.56. The third-order valence-corrected chi connectivity index (χ3v) is 4.50. The van der Waals surface area contributed by atoms with E-state index >= 15 is 0 Å². The van der Waals surface area contributed by atoms with E-state index in [-0.39, 0.29) is 24.7 Å². The fourth-order valence-electron chi connectivity index (χ4n) is 3.23. The van der Waals surface area contributed by atoms with Crippen LogP contribution in [0.5, 0.6) is 5.75 Å². The molecule has 0 saturated heterocycles. The van der Waals surface area contributed by atoms with Crippen LogP contribution in [-0.2, 0) is 9.59 Å². The van der Waals surface area contributed by atoms with Crippen molar-refractivity contribution in [2.45, 2.75) is 31.2 Å². The minimum absolute atomic E-state index is 0.0265. The van der Waals surface area contributed by atoms with Gasteiger partial charge in [0.15, 0.2) is 0 Å². The van der Waals surface area contributed by atoms with Crippen LogP contribution in [0.15, 0.2) is 48.5 Å². The molecule has 6 heteroatoms. The van der Waals surface area contributed by atoms with E-state index in [9.17, 15) is 14.0 Å². The largest absolute Gasteiger partial charge is 0.493 e. The number of benzene rings is 2. The topological polar surface area (TPSA) is 75.6 Å². The molecule has 1 aliphatic heterocycles. The van der Waals surface area contributed by atoms with Gasteiger partial charge in [0, 0.05) is 6.42 Å². The Morgan fingerprint density at radius 2 is 1.92 bits per heavy atom. The van der Waals surface area contributed by atoms with Crippen LogP contribution in [0.4, 0.5) is 4.39 Å². The zero-order valence-electron chi connectivity index (χ0n) is 14.2. The van der Waals surface area contributed by atoms with Gasteiger partial charge in [0.25, 0.3) is 0 Å². The van der Waals surface area contributed by atoms with E-state index in [2.05, 4.69) is 5.32 Å². The summed E-state index contributed by atoms with van der Waals surface area (Å²) in [4.78, 5) is 23.7. The smallest absolute Gasteiger partial charge is 0.305 e. The van der Waals surface area contributed by atoms with E-state index in [1.807, 2.05) is 24.3 Å². The minimum atomic E-state index is -1.03. The molecule has 2 aromatic rings. The van der Waals surface area contributed by atoms with Crippen LogP contribution >= 0.6 is 0 Å². The lowest BCUT2D eigenvalue weighted by molar-refractivity contribution is -0.137. The van der Waals surface area contributed by atoms with Gasteiger partial charge < -0.3 is 15.2 Å². The summed E-state index contributed by atoms with van der Waals surface area (Å²) < 4.78 is 18.7. The Kier molecular flexibility index (Phi) is 5.51. The summed E-state index contributed by atoms with van der Waals surface area (Å²) in [6, 6.07) is 12.4. The van der Waals surface area contributed by atoms with Gasteiger partial charge in [-0.05, 0) is 41.7 Å². The molecule has 26 heavy (non-hydrogen) atoms. The van der Waals surface area contributed by atoms with Crippen LogP contribution in [0.25, 0.3) is 0 Å². The zero-order chi connectivity index (χ0) is 18.5. The van der Waals surface area contributed by atoms with E-state index in [4.69, 9.17) is 9.84 Å². The number of halogens is 1. The number of ether oxygens (including phenoxy) is 1. The number of hydrogen-bond donors (Lipinski definition) is 2. The molecule has 1 amide bonds. The van der Waals surface area contributed by atoms with Crippen LogP contribution in [0.2, 0.25) is 0 Å². The molecule has 5 nitrogen and oxygen atoms in total. The highest BCUT2D eigenvalue weighted by Gasteiger charge is 2.25. The van der Waals surface area contributed by atoms with Crippen molar-refractivity contribution in [3.8, 4) is 5.75 Å². The van der Waals surface area contributed by atoms with Gasteiger partial charge in [-0.3, -0.25) is 9.59 Å². The van der Waals surface area contributed by atoms with E-state index in [1.165, 1.54) is 24.3 Å². The van der Waals surface area contributed by atoms with Crippen molar-refractivity contribution in [3.63, 3.8) is 0 Å². The lowest BCUT2D eigenvalue weighted by Crippen LogP contribution is -2.32. The van der Waals surface area contributed by atoms with Crippen LogP contribution in [0.3, 0.4) is 0 Å². The van der Waals surface area contributed by atoms with E-state index in [0.717, 1.165) is 17.7 Å². The SMILES string of the molecule is O=C(O)C[C@@H](NC(=O)C[C@@H]1CCOc2ccccc21)c1ccc(F)cc1. The average Bonchev–Trinajstić information content (AvgIpc) is 2.62. The van der Waals surface area contributed by atoms with Gasteiger partial charge in [-0.25, -0.2) is 4.39 Å². The Morgan fingerprint density at radius 3 is 2.65 bits per heavy atom. The molecule has 0 saturated carbocycles. The Morgan fingerprint density at radius 1 is 1.19 bits per heavy atom. The monoisotopic (exact) mass is 357 g/mol. The Bertz CT molecular complexity index is 791. The number of aliphatic carboxylic acids is 1. The summed E-state index contributed by atoms with van der Waals surface area (Å²) in [6.07, 6.45) is 0.712. The lowest BCUT2D eigenvalue weighted by atomic mass is 9.90. The fraction of sp³-hybridized carbons (Fsp3) is 0.300. The highest BCUT2D eigenvalue weighted by molar-refractivity contribution is 5.78. The van der Waals surface area contributed by atoms with Gasteiger partial charge in [0.2, 0.25) is 5.91 Å². The molecule has 2 aromatic carbocycles. The second-order valence-corrected chi connectivity index (χ2v) is 6.35. The lowest BCUT2D eigenvalue weighted by Gasteiger charge is -2.26. The third kappa shape index (κ3) is 4.39. The Labute approximate surface area is 150 Å². The summed E-state index contributed by atoms with van der Waals surface area (Å²) in [7, 11) is 0. The van der Waals surface area contributed by atoms with Crippen LogP contribution in [0, 0.1) is 5.82 Å². The predicted octanol–water partition coefficient (Wildman–Crippen LogP) is 3.41. The van der Waals surface area contributed by atoms with Gasteiger partial charge in [0.05, 0.1) is 19.1 Å². The second-order valence-electron chi connectivity index (χ2n) is 6.35. The molecule has 0 bridgehead atoms. The number of carboxylic acids is 1. The molecule has 0 unspecified atom stereocenters. The molecular formula is C20H20FNO4. The van der Waals surface area contributed by atoms with Gasteiger partial charge in [-0.1, -0.05) is 30.3 Å². The molecule has 0 spiro atoms. The number of nitrogens with one attached hydrogen (secondary N) is 1. The van der Waals surface area contributed by atoms with E-state index in [1.54, 1.807) is 0 Å². The number of hydrogen-bond acceptors (Lipinski definition) is 3. The summed E-state index contributed by atoms with van der Waals surface area (Å²) in [5.74, 6) is -0.859. The molecule has 0 fully saturated rings. The van der Waals surface area contributed by atoms with Gasteiger partial charge in [-0.2, -0.15) is 0 Å². The van der Waals surface area contributed by atoms with Crippen molar-refractivity contribution in [2.24, 2.45) is 0 Å². The predicted molar refractivity (Wildman–Crippen MR) is 93.4 cm³/mol. The van der Waals surface area contributed by atoms with Crippen LogP contribution < -0.4 is 10.1 Å². The molecule has 2 atom stereocenters. The number of amides is 1. The van der Waals surface area contributed by atoms with Crippen molar-refractivity contribution < 1.29 is 23.8 Å². The molecule has 3 rings (SSSR count). The van der Waals surface area contributed by atoms with Crippen molar-refractivity contribution in [1.82, 2.24) is 5.32 Å². The molecular weight excluding hydrogens is 337 g/mol. The summed E-state index contributed by atoms with van der Waals surface area (Å²) in [5, 5.41) is 11.9. The molecule has 136 valence electrons. The molecule has 1 heterocycles. The molecule has 0 aliphatic carbocycles. The molecule has 1 aliphatic rings. The quantitative estimate of drug-likeness (QED) is 0.831. The van der Waals surface area contributed by atoms with Crippen LogP contribution in [0.1, 0.15) is 42.3 Å². The van der Waals surface area contributed by atoms with Crippen molar-refractivity contribution in [3.05, 3.63) is 65.5 Å². The first-order valence-electron chi connectivity index (χ1n) is 8.51. The zero-order valence-corrected chi connectivity index (χ0v) is 14.2. The van der Waals surface area contributed by atoms with Gasteiger partial charge in [0.1, 0.15) is 11.6 Å². The Hall–Kier alpha value is -2.89. The average molecular weight is 357 g/mol.